The minimum Gasteiger partial charge on any atom is -0.480 e. The second kappa shape index (κ2) is 6.93. The van der Waals surface area contributed by atoms with Crippen molar-refractivity contribution in [2.45, 2.75) is 6.54 Å². The van der Waals surface area contributed by atoms with Crippen molar-refractivity contribution in [1.29, 1.82) is 0 Å². The van der Waals surface area contributed by atoms with E-state index in [1.54, 1.807) is 0 Å². The zero-order chi connectivity index (χ0) is 13.5. The van der Waals surface area contributed by atoms with Crippen molar-refractivity contribution >= 4 is 23.5 Å². The molecule has 0 spiro atoms. The SMILES string of the molecule is O=C(O)COCC(=O)NCc1c(F)cccc1Cl. The Bertz CT molecular complexity index is 432. The van der Waals surface area contributed by atoms with Crippen LogP contribution in [0.3, 0.4) is 0 Å². The van der Waals surface area contributed by atoms with Gasteiger partial charge in [0.05, 0.1) is 0 Å². The van der Waals surface area contributed by atoms with E-state index in [0.29, 0.717) is 0 Å². The van der Waals surface area contributed by atoms with Crippen LogP contribution in [0.15, 0.2) is 18.2 Å². The first-order chi connectivity index (χ1) is 8.50. The molecule has 0 aliphatic carbocycles. The van der Waals surface area contributed by atoms with Gasteiger partial charge in [0, 0.05) is 17.1 Å². The molecule has 0 bridgehead atoms. The molecular weight excluding hydrogens is 265 g/mol. The van der Waals surface area contributed by atoms with E-state index < -0.39 is 30.9 Å². The van der Waals surface area contributed by atoms with Crippen LogP contribution in [-0.2, 0) is 20.9 Å². The molecule has 0 heterocycles. The Morgan fingerprint density at radius 2 is 2.11 bits per heavy atom. The van der Waals surface area contributed by atoms with E-state index in [4.69, 9.17) is 16.7 Å². The molecule has 1 aromatic carbocycles. The Kier molecular flexibility index (Phi) is 5.54. The zero-order valence-corrected chi connectivity index (χ0v) is 10.0. The molecule has 18 heavy (non-hydrogen) atoms. The summed E-state index contributed by atoms with van der Waals surface area (Å²) < 4.78 is 17.9. The number of carboxylic acid groups (broad SMARTS) is 1. The van der Waals surface area contributed by atoms with Crippen molar-refractivity contribution in [2.24, 2.45) is 0 Å². The van der Waals surface area contributed by atoms with Crippen LogP contribution in [0.25, 0.3) is 0 Å². The molecule has 0 unspecified atom stereocenters. The fraction of sp³-hybridized carbons (Fsp3) is 0.273. The van der Waals surface area contributed by atoms with Crippen LogP contribution in [0.4, 0.5) is 4.39 Å². The number of benzene rings is 1. The molecule has 0 atom stereocenters. The Labute approximate surface area is 108 Å². The maximum atomic E-state index is 13.3. The van der Waals surface area contributed by atoms with Crippen LogP contribution in [-0.4, -0.2) is 30.2 Å². The molecule has 5 nitrogen and oxygen atoms in total. The lowest BCUT2D eigenvalue weighted by atomic mass is 10.2. The second-order valence-electron chi connectivity index (χ2n) is 3.36. The zero-order valence-electron chi connectivity index (χ0n) is 9.28. The molecule has 98 valence electrons. The molecule has 0 aliphatic heterocycles. The molecular formula is C11H11ClFNO4. The molecule has 0 radical (unpaired) electrons. The number of halogens is 2. The Balaban J connectivity index is 2.40. The lowest BCUT2D eigenvalue weighted by Crippen LogP contribution is -2.28. The van der Waals surface area contributed by atoms with Gasteiger partial charge in [0.15, 0.2) is 0 Å². The van der Waals surface area contributed by atoms with Crippen LogP contribution in [0.2, 0.25) is 5.02 Å². The van der Waals surface area contributed by atoms with Gasteiger partial charge in [-0.05, 0) is 12.1 Å². The highest BCUT2D eigenvalue weighted by atomic mass is 35.5. The number of aliphatic carboxylic acids is 1. The summed E-state index contributed by atoms with van der Waals surface area (Å²) in [6.45, 7) is -1.05. The molecule has 1 rings (SSSR count). The molecule has 0 aliphatic rings. The van der Waals surface area contributed by atoms with E-state index in [0.717, 1.165) is 0 Å². The third kappa shape index (κ3) is 4.68. The van der Waals surface area contributed by atoms with E-state index in [1.807, 2.05) is 0 Å². The van der Waals surface area contributed by atoms with E-state index in [-0.39, 0.29) is 17.1 Å². The third-order valence-electron chi connectivity index (χ3n) is 1.98. The van der Waals surface area contributed by atoms with Crippen LogP contribution in [0.1, 0.15) is 5.56 Å². The van der Waals surface area contributed by atoms with Crippen LogP contribution >= 0.6 is 11.6 Å². The van der Waals surface area contributed by atoms with E-state index in [1.165, 1.54) is 18.2 Å². The lowest BCUT2D eigenvalue weighted by Gasteiger charge is -2.07. The van der Waals surface area contributed by atoms with Crippen molar-refractivity contribution in [3.8, 4) is 0 Å². The molecule has 7 heteroatoms. The van der Waals surface area contributed by atoms with Gasteiger partial charge >= 0.3 is 5.97 Å². The number of carbonyl (C=O) groups is 2. The minimum atomic E-state index is -1.17. The van der Waals surface area contributed by atoms with Crippen molar-refractivity contribution < 1.29 is 23.8 Å². The normalized spacial score (nSPS) is 10.1. The van der Waals surface area contributed by atoms with E-state index >= 15 is 0 Å². The number of hydrogen-bond donors (Lipinski definition) is 2. The van der Waals surface area contributed by atoms with Crippen LogP contribution < -0.4 is 5.32 Å². The van der Waals surface area contributed by atoms with Gasteiger partial charge in [-0.15, -0.1) is 0 Å². The number of hydrogen-bond acceptors (Lipinski definition) is 3. The van der Waals surface area contributed by atoms with Gasteiger partial charge in [0.2, 0.25) is 5.91 Å². The number of nitrogens with one attached hydrogen (secondary N) is 1. The average Bonchev–Trinajstić information content (AvgIpc) is 2.27. The fourth-order valence-corrected chi connectivity index (χ4v) is 1.40. The summed E-state index contributed by atoms with van der Waals surface area (Å²) in [7, 11) is 0. The minimum absolute atomic E-state index is 0.0826. The lowest BCUT2D eigenvalue weighted by molar-refractivity contribution is -0.143. The van der Waals surface area contributed by atoms with Gasteiger partial charge in [0.25, 0.3) is 0 Å². The summed E-state index contributed by atoms with van der Waals surface area (Å²) >= 11 is 5.76. The maximum Gasteiger partial charge on any atom is 0.329 e. The third-order valence-corrected chi connectivity index (χ3v) is 2.34. The Hall–Kier alpha value is -1.66. The van der Waals surface area contributed by atoms with Gasteiger partial charge in [-0.1, -0.05) is 17.7 Å². The molecule has 2 N–H and O–H groups in total. The highest BCUT2D eigenvalue weighted by Crippen LogP contribution is 2.18. The van der Waals surface area contributed by atoms with E-state index in [9.17, 15) is 14.0 Å². The van der Waals surface area contributed by atoms with E-state index in [2.05, 4.69) is 10.1 Å². The van der Waals surface area contributed by atoms with Crippen molar-refractivity contribution in [1.82, 2.24) is 5.32 Å². The first-order valence-corrected chi connectivity index (χ1v) is 5.37. The van der Waals surface area contributed by atoms with Crippen molar-refractivity contribution in [2.75, 3.05) is 13.2 Å². The Morgan fingerprint density at radius 1 is 1.39 bits per heavy atom. The predicted molar refractivity (Wildman–Crippen MR) is 61.7 cm³/mol. The van der Waals surface area contributed by atoms with Crippen molar-refractivity contribution in [3.63, 3.8) is 0 Å². The standard InChI is InChI=1S/C11H11ClFNO4/c12-8-2-1-3-9(13)7(8)4-14-10(15)5-18-6-11(16)17/h1-3H,4-6H2,(H,14,15)(H,16,17). The van der Waals surface area contributed by atoms with Gasteiger partial charge in [-0.2, -0.15) is 0 Å². The second-order valence-corrected chi connectivity index (χ2v) is 3.77. The maximum absolute atomic E-state index is 13.3. The number of ether oxygens (including phenoxy) is 1. The first kappa shape index (κ1) is 14.4. The van der Waals surface area contributed by atoms with Crippen LogP contribution in [0, 0.1) is 5.82 Å². The highest BCUT2D eigenvalue weighted by molar-refractivity contribution is 6.31. The molecule has 0 aromatic heterocycles. The fourth-order valence-electron chi connectivity index (χ4n) is 1.17. The highest BCUT2D eigenvalue weighted by Gasteiger charge is 2.09. The molecule has 0 fully saturated rings. The van der Waals surface area contributed by atoms with Crippen LogP contribution in [0.5, 0.6) is 0 Å². The summed E-state index contributed by atoms with van der Waals surface area (Å²) in [6.07, 6.45) is 0. The first-order valence-electron chi connectivity index (χ1n) is 5.00. The summed E-state index contributed by atoms with van der Waals surface area (Å²) in [5.41, 5.74) is 0.172. The number of amides is 1. The summed E-state index contributed by atoms with van der Waals surface area (Å²) in [5, 5.41) is 10.9. The summed E-state index contributed by atoms with van der Waals surface area (Å²) in [5.74, 6) is -2.23. The number of rotatable bonds is 6. The van der Waals surface area contributed by atoms with Crippen molar-refractivity contribution in [3.05, 3.63) is 34.6 Å². The van der Waals surface area contributed by atoms with Gasteiger partial charge in [0.1, 0.15) is 19.0 Å². The number of carboxylic acids is 1. The number of carbonyl (C=O) groups excluding carboxylic acids is 1. The van der Waals surface area contributed by atoms with Gasteiger partial charge in [-0.25, -0.2) is 9.18 Å². The molecule has 1 amide bonds. The summed E-state index contributed by atoms with van der Waals surface area (Å²) in [4.78, 5) is 21.4. The quantitative estimate of drug-likeness (QED) is 0.818. The monoisotopic (exact) mass is 275 g/mol. The topological polar surface area (TPSA) is 75.6 Å². The molecule has 1 aromatic rings. The molecule has 0 saturated carbocycles. The molecule has 0 saturated heterocycles. The van der Waals surface area contributed by atoms with Gasteiger partial charge in [-0.3, -0.25) is 4.79 Å². The average molecular weight is 276 g/mol. The smallest absolute Gasteiger partial charge is 0.329 e. The Morgan fingerprint density at radius 3 is 2.72 bits per heavy atom. The largest absolute Gasteiger partial charge is 0.480 e. The summed E-state index contributed by atoms with van der Waals surface area (Å²) in [6, 6.07) is 4.19. The van der Waals surface area contributed by atoms with Gasteiger partial charge < -0.3 is 15.2 Å². The predicted octanol–water partition coefficient (Wildman–Crippen LogP) is 1.20.